The second kappa shape index (κ2) is 7.88. The minimum atomic E-state index is 0.0277. The fourth-order valence-electron chi connectivity index (χ4n) is 2.40. The molecule has 0 spiro atoms. The summed E-state index contributed by atoms with van der Waals surface area (Å²) in [6.45, 7) is 4.26. The lowest BCUT2D eigenvalue weighted by Crippen LogP contribution is -2.35. The standard InChI is InChI=1S/C16H23NO4/c1-3-20-8-7-15(18)17-10-12-9-13-5-4-6-14(19-2)16(13)21-11-12/h4-6,12H,3,7-11H2,1-2H3,(H,17,18)/t12-/m0/s1. The van der Waals surface area contributed by atoms with Crippen LogP contribution in [0, 0.1) is 5.92 Å². The fraction of sp³-hybridized carbons (Fsp3) is 0.562. The zero-order chi connectivity index (χ0) is 15.1. The third kappa shape index (κ3) is 4.36. The van der Waals surface area contributed by atoms with Gasteiger partial charge in [-0.1, -0.05) is 12.1 Å². The van der Waals surface area contributed by atoms with Gasteiger partial charge in [0.15, 0.2) is 11.5 Å². The van der Waals surface area contributed by atoms with E-state index in [0.29, 0.717) is 38.7 Å². The first-order chi connectivity index (χ1) is 10.2. The molecule has 1 amide bonds. The van der Waals surface area contributed by atoms with E-state index in [9.17, 15) is 4.79 Å². The number of fused-ring (bicyclic) bond motifs is 1. The molecule has 1 heterocycles. The van der Waals surface area contributed by atoms with Crippen molar-refractivity contribution in [2.24, 2.45) is 5.92 Å². The van der Waals surface area contributed by atoms with Crippen LogP contribution in [0.3, 0.4) is 0 Å². The van der Waals surface area contributed by atoms with E-state index in [1.807, 2.05) is 25.1 Å². The maximum atomic E-state index is 11.7. The van der Waals surface area contributed by atoms with Gasteiger partial charge in [-0.2, -0.15) is 0 Å². The molecule has 5 nitrogen and oxygen atoms in total. The van der Waals surface area contributed by atoms with E-state index < -0.39 is 0 Å². The molecule has 116 valence electrons. The Balaban J connectivity index is 1.81. The van der Waals surface area contributed by atoms with Gasteiger partial charge in [-0.25, -0.2) is 0 Å². The van der Waals surface area contributed by atoms with Gasteiger partial charge in [-0.05, 0) is 25.0 Å². The van der Waals surface area contributed by atoms with E-state index in [1.54, 1.807) is 7.11 Å². The van der Waals surface area contributed by atoms with Crippen LogP contribution in [-0.4, -0.2) is 39.4 Å². The van der Waals surface area contributed by atoms with Crippen molar-refractivity contribution in [2.45, 2.75) is 19.8 Å². The summed E-state index contributed by atoms with van der Waals surface area (Å²) in [5, 5.41) is 2.94. The van der Waals surface area contributed by atoms with Crippen LogP contribution in [0.5, 0.6) is 11.5 Å². The number of benzene rings is 1. The molecule has 1 atom stereocenters. The molecule has 0 aliphatic carbocycles. The summed E-state index contributed by atoms with van der Waals surface area (Å²) in [6.07, 6.45) is 1.30. The molecule has 0 fully saturated rings. The Morgan fingerprint density at radius 3 is 3.10 bits per heavy atom. The number of hydrogen-bond acceptors (Lipinski definition) is 4. The van der Waals surface area contributed by atoms with Crippen LogP contribution in [0.15, 0.2) is 18.2 Å². The Morgan fingerprint density at radius 1 is 1.48 bits per heavy atom. The summed E-state index contributed by atoms with van der Waals surface area (Å²) in [6, 6.07) is 5.90. The average molecular weight is 293 g/mol. The van der Waals surface area contributed by atoms with E-state index in [1.165, 1.54) is 0 Å². The van der Waals surface area contributed by atoms with Crippen LogP contribution < -0.4 is 14.8 Å². The van der Waals surface area contributed by atoms with Gasteiger partial charge < -0.3 is 19.5 Å². The second-order valence-corrected chi connectivity index (χ2v) is 5.08. The summed E-state index contributed by atoms with van der Waals surface area (Å²) in [4.78, 5) is 11.7. The van der Waals surface area contributed by atoms with Crippen molar-refractivity contribution in [3.05, 3.63) is 23.8 Å². The summed E-state index contributed by atoms with van der Waals surface area (Å²) in [7, 11) is 1.64. The van der Waals surface area contributed by atoms with Crippen LogP contribution >= 0.6 is 0 Å². The van der Waals surface area contributed by atoms with E-state index >= 15 is 0 Å². The van der Waals surface area contributed by atoms with Gasteiger partial charge in [0.2, 0.25) is 5.91 Å². The highest BCUT2D eigenvalue weighted by molar-refractivity contribution is 5.75. The van der Waals surface area contributed by atoms with Crippen molar-refractivity contribution in [3.63, 3.8) is 0 Å². The van der Waals surface area contributed by atoms with Crippen molar-refractivity contribution in [3.8, 4) is 11.5 Å². The molecule has 0 radical (unpaired) electrons. The third-order valence-corrected chi connectivity index (χ3v) is 3.52. The molecule has 0 saturated heterocycles. The average Bonchev–Trinajstić information content (AvgIpc) is 2.52. The first-order valence-corrected chi connectivity index (χ1v) is 7.37. The quantitative estimate of drug-likeness (QED) is 0.779. The van der Waals surface area contributed by atoms with Gasteiger partial charge >= 0.3 is 0 Å². The van der Waals surface area contributed by atoms with E-state index in [2.05, 4.69) is 5.32 Å². The van der Waals surface area contributed by atoms with Crippen LogP contribution in [-0.2, 0) is 16.0 Å². The first kappa shape index (κ1) is 15.6. The molecule has 1 N–H and O–H groups in total. The normalized spacial score (nSPS) is 16.8. The molecule has 2 rings (SSSR count). The molecule has 5 heteroatoms. The monoisotopic (exact) mass is 293 g/mol. The molecule has 0 saturated carbocycles. The number of para-hydroxylation sites is 1. The summed E-state index contributed by atoms with van der Waals surface area (Å²) < 4.78 is 16.2. The van der Waals surface area contributed by atoms with Crippen molar-refractivity contribution >= 4 is 5.91 Å². The molecule has 1 aliphatic heterocycles. The molecular formula is C16H23NO4. The zero-order valence-corrected chi connectivity index (χ0v) is 12.7. The fourth-order valence-corrected chi connectivity index (χ4v) is 2.40. The molecule has 0 unspecified atom stereocenters. The van der Waals surface area contributed by atoms with E-state index in [0.717, 1.165) is 23.5 Å². The molecular weight excluding hydrogens is 270 g/mol. The lowest BCUT2D eigenvalue weighted by Gasteiger charge is -2.26. The van der Waals surface area contributed by atoms with E-state index in [-0.39, 0.29) is 5.91 Å². The second-order valence-electron chi connectivity index (χ2n) is 5.08. The lowest BCUT2D eigenvalue weighted by molar-refractivity contribution is -0.122. The van der Waals surface area contributed by atoms with Crippen LogP contribution in [0.25, 0.3) is 0 Å². The van der Waals surface area contributed by atoms with Crippen molar-refractivity contribution in [2.75, 3.05) is 33.5 Å². The minimum absolute atomic E-state index is 0.0277. The van der Waals surface area contributed by atoms with Crippen LogP contribution in [0.4, 0.5) is 0 Å². The first-order valence-electron chi connectivity index (χ1n) is 7.37. The molecule has 0 aromatic heterocycles. The molecule has 1 aliphatic rings. The van der Waals surface area contributed by atoms with Gasteiger partial charge in [0.05, 0.1) is 20.3 Å². The van der Waals surface area contributed by atoms with Gasteiger partial charge in [0.25, 0.3) is 0 Å². The highest BCUT2D eigenvalue weighted by Crippen LogP contribution is 2.35. The number of ether oxygens (including phenoxy) is 3. The third-order valence-electron chi connectivity index (χ3n) is 3.52. The Bertz CT molecular complexity index is 475. The van der Waals surface area contributed by atoms with Crippen LogP contribution in [0.1, 0.15) is 18.9 Å². The summed E-state index contributed by atoms with van der Waals surface area (Å²) in [5.74, 6) is 1.92. The predicted octanol–water partition coefficient (Wildman–Crippen LogP) is 1.79. The summed E-state index contributed by atoms with van der Waals surface area (Å²) in [5.41, 5.74) is 1.13. The highest BCUT2D eigenvalue weighted by atomic mass is 16.5. The van der Waals surface area contributed by atoms with Gasteiger partial charge in [0, 0.05) is 25.5 Å². The highest BCUT2D eigenvalue weighted by Gasteiger charge is 2.22. The van der Waals surface area contributed by atoms with Gasteiger partial charge in [-0.3, -0.25) is 4.79 Å². The number of nitrogens with one attached hydrogen (secondary N) is 1. The Labute approximate surface area is 125 Å². The molecule has 0 bridgehead atoms. The number of amides is 1. The Hall–Kier alpha value is -1.75. The van der Waals surface area contributed by atoms with Gasteiger partial charge in [-0.15, -0.1) is 0 Å². The van der Waals surface area contributed by atoms with Gasteiger partial charge in [0.1, 0.15) is 0 Å². The Kier molecular flexibility index (Phi) is 5.87. The van der Waals surface area contributed by atoms with Crippen molar-refractivity contribution in [1.82, 2.24) is 5.32 Å². The van der Waals surface area contributed by atoms with Crippen LogP contribution in [0.2, 0.25) is 0 Å². The van der Waals surface area contributed by atoms with Crippen molar-refractivity contribution < 1.29 is 19.0 Å². The maximum Gasteiger partial charge on any atom is 0.222 e. The van der Waals surface area contributed by atoms with E-state index in [4.69, 9.17) is 14.2 Å². The molecule has 1 aromatic carbocycles. The Morgan fingerprint density at radius 2 is 2.33 bits per heavy atom. The maximum absolute atomic E-state index is 11.7. The minimum Gasteiger partial charge on any atom is -0.493 e. The molecule has 21 heavy (non-hydrogen) atoms. The number of hydrogen-bond donors (Lipinski definition) is 1. The summed E-state index contributed by atoms with van der Waals surface area (Å²) >= 11 is 0. The van der Waals surface area contributed by atoms with Crippen molar-refractivity contribution in [1.29, 1.82) is 0 Å². The SMILES string of the molecule is CCOCCC(=O)NC[C@H]1COc2c(cccc2OC)C1. The zero-order valence-electron chi connectivity index (χ0n) is 12.7. The predicted molar refractivity (Wildman–Crippen MR) is 79.8 cm³/mol. The topological polar surface area (TPSA) is 56.8 Å². The lowest BCUT2D eigenvalue weighted by atomic mass is 9.96. The number of rotatable bonds is 7. The molecule has 1 aromatic rings. The smallest absolute Gasteiger partial charge is 0.222 e. The number of carbonyl (C=O) groups is 1. The number of methoxy groups -OCH3 is 1. The number of carbonyl (C=O) groups excluding carboxylic acids is 1. The largest absolute Gasteiger partial charge is 0.493 e.